The maximum absolute atomic E-state index is 5.96. The van der Waals surface area contributed by atoms with Crippen LogP contribution in [-0.2, 0) is 9.47 Å². The Morgan fingerprint density at radius 2 is 2.20 bits per heavy atom. The molecule has 0 bridgehead atoms. The molecule has 3 nitrogen and oxygen atoms in total. The van der Waals surface area contributed by atoms with Crippen molar-refractivity contribution in [2.45, 2.75) is 57.3 Å². The molecule has 1 heterocycles. The Kier molecular flexibility index (Phi) is 3.65. The van der Waals surface area contributed by atoms with Gasteiger partial charge in [-0.1, -0.05) is 19.8 Å². The summed E-state index contributed by atoms with van der Waals surface area (Å²) in [5.74, 6) is 0.599. The van der Waals surface area contributed by atoms with E-state index in [9.17, 15) is 0 Å². The maximum Gasteiger partial charge on any atom is 0.168 e. The zero-order valence-electron chi connectivity index (χ0n) is 9.71. The molecule has 2 fully saturated rings. The van der Waals surface area contributed by atoms with Gasteiger partial charge in [-0.2, -0.15) is 0 Å². The third kappa shape index (κ3) is 2.52. The number of rotatable bonds is 2. The first-order valence-electron chi connectivity index (χ1n) is 6.30. The summed E-state index contributed by atoms with van der Waals surface area (Å²) in [6, 6.07) is 0. The second-order valence-corrected chi connectivity index (χ2v) is 4.90. The summed E-state index contributed by atoms with van der Waals surface area (Å²) in [4.78, 5) is 0. The van der Waals surface area contributed by atoms with Crippen LogP contribution in [0.2, 0.25) is 0 Å². The molecule has 15 heavy (non-hydrogen) atoms. The summed E-state index contributed by atoms with van der Waals surface area (Å²) in [6.45, 7) is 3.55. The third-order valence-electron chi connectivity index (χ3n) is 3.86. The molecule has 0 radical (unpaired) electrons. The van der Waals surface area contributed by atoms with Crippen LogP contribution < -0.4 is 5.73 Å². The minimum absolute atomic E-state index is 0.128. The molecule has 0 aromatic heterocycles. The van der Waals surface area contributed by atoms with Gasteiger partial charge < -0.3 is 15.2 Å². The first kappa shape index (κ1) is 11.4. The van der Waals surface area contributed by atoms with Crippen LogP contribution in [0.1, 0.15) is 45.4 Å². The van der Waals surface area contributed by atoms with Crippen LogP contribution in [0.15, 0.2) is 0 Å². The molecule has 1 aliphatic carbocycles. The second-order valence-electron chi connectivity index (χ2n) is 4.90. The third-order valence-corrected chi connectivity index (χ3v) is 3.86. The van der Waals surface area contributed by atoms with Crippen molar-refractivity contribution in [1.29, 1.82) is 0 Å². The lowest BCUT2D eigenvalue weighted by molar-refractivity contribution is -0.175. The van der Waals surface area contributed by atoms with Crippen LogP contribution in [0.25, 0.3) is 0 Å². The molecule has 3 heteroatoms. The SMILES string of the molecule is CCC1CCCC2(CC1)OCC(CN)O2. The fourth-order valence-electron chi connectivity index (χ4n) is 2.76. The van der Waals surface area contributed by atoms with E-state index >= 15 is 0 Å². The molecule has 0 aromatic carbocycles. The summed E-state index contributed by atoms with van der Waals surface area (Å²) in [7, 11) is 0. The van der Waals surface area contributed by atoms with Crippen molar-refractivity contribution in [3.8, 4) is 0 Å². The topological polar surface area (TPSA) is 44.5 Å². The molecular weight excluding hydrogens is 190 g/mol. The average Bonchev–Trinajstić information content (AvgIpc) is 2.55. The predicted octanol–water partition coefficient (Wildman–Crippen LogP) is 2.05. The normalized spacial score (nSPS) is 42.0. The van der Waals surface area contributed by atoms with Crippen molar-refractivity contribution < 1.29 is 9.47 Å². The lowest BCUT2D eigenvalue weighted by Gasteiger charge is -2.26. The predicted molar refractivity (Wildman–Crippen MR) is 59.5 cm³/mol. The van der Waals surface area contributed by atoms with E-state index < -0.39 is 0 Å². The van der Waals surface area contributed by atoms with Gasteiger partial charge in [0, 0.05) is 19.4 Å². The van der Waals surface area contributed by atoms with Gasteiger partial charge in [0.05, 0.1) is 12.7 Å². The molecule has 2 aliphatic rings. The summed E-state index contributed by atoms with van der Waals surface area (Å²) < 4.78 is 11.8. The van der Waals surface area contributed by atoms with Crippen molar-refractivity contribution in [1.82, 2.24) is 0 Å². The Morgan fingerprint density at radius 1 is 1.33 bits per heavy atom. The van der Waals surface area contributed by atoms with E-state index in [4.69, 9.17) is 15.2 Å². The van der Waals surface area contributed by atoms with E-state index in [0.717, 1.165) is 18.8 Å². The molecule has 1 saturated carbocycles. The first-order chi connectivity index (χ1) is 7.28. The van der Waals surface area contributed by atoms with Crippen molar-refractivity contribution >= 4 is 0 Å². The van der Waals surface area contributed by atoms with E-state index in [0.29, 0.717) is 13.2 Å². The van der Waals surface area contributed by atoms with Gasteiger partial charge in [0.1, 0.15) is 0 Å². The Morgan fingerprint density at radius 3 is 2.87 bits per heavy atom. The number of hydrogen-bond acceptors (Lipinski definition) is 3. The van der Waals surface area contributed by atoms with Crippen molar-refractivity contribution in [3.63, 3.8) is 0 Å². The van der Waals surface area contributed by atoms with E-state index in [1.165, 1.54) is 25.7 Å². The van der Waals surface area contributed by atoms with Gasteiger partial charge in [-0.15, -0.1) is 0 Å². The van der Waals surface area contributed by atoms with Gasteiger partial charge in [-0.25, -0.2) is 0 Å². The van der Waals surface area contributed by atoms with E-state index in [2.05, 4.69) is 6.92 Å². The summed E-state index contributed by atoms with van der Waals surface area (Å²) in [6.07, 6.45) is 7.34. The van der Waals surface area contributed by atoms with Crippen LogP contribution >= 0.6 is 0 Å². The zero-order valence-corrected chi connectivity index (χ0v) is 9.71. The lowest BCUT2D eigenvalue weighted by Crippen LogP contribution is -2.32. The molecule has 0 amide bonds. The van der Waals surface area contributed by atoms with Gasteiger partial charge >= 0.3 is 0 Å². The van der Waals surface area contributed by atoms with Gasteiger partial charge in [-0.3, -0.25) is 0 Å². The average molecular weight is 213 g/mol. The molecule has 2 N–H and O–H groups in total. The highest BCUT2D eigenvalue weighted by atomic mass is 16.7. The molecule has 3 atom stereocenters. The van der Waals surface area contributed by atoms with Crippen molar-refractivity contribution in [3.05, 3.63) is 0 Å². The molecule has 3 unspecified atom stereocenters. The van der Waals surface area contributed by atoms with E-state index in [-0.39, 0.29) is 11.9 Å². The zero-order chi connectivity index (χ0) is 10.7. The molecular formula is C12H23NO2. The molecule has 1 spiro atoms. The first-order valence-corrected chi connectivity index (χ1v) is 6.30. The van der Waals surface area contributed by atoms with Crippen LogP contribution in [-0.4, -0.2) is 25.0 Å². The minimum Gasteiger partial charge on any atom is -0.347 e. The summed E-state index contributed by atoms with van der Waals surface area (Å²) in [5, 5.41) is 0. The second kappa shape index (κ2) is 4.81. The van der Waals surface area contributed by atoms with E-state index in [1.807, 2.05) is 0 Å². The highest BCUT2D eigenvalue weighted by Gasteiger charge is 2.41. The van der Waals surface area contributed by atoms with Gasteiger partial charge in [0.15, 0.2) is 5.79 Å². The smallest absolute Gasteiger partial charge is 0.168 e. The van der Waals surface area contributed by atoms with Crippen molar-refractivity contribution in [2.75, 3.05) is 13.2 Å². The van der Waals surface area contributed by atoms with Crippen molar-refractivity contribution in [2.24, 2.45) is 11.7 Å². The molecule has 1 aliphatic heterocycles. The fourth-order valence-corrected chi connectivity index (χ4v) is 2.76. The number of nitrogens with two attached hydrogens (primary N) is 1. The Balaban J connectivity index is 1.92. The fraction of sp³-hybridized carbons (Fsp3) is 1.00. The Hall–Kier alpha value is -0.120. The van der Waals surface area contributed by atoms with Crippen LogP contribution in [0, 0.1) is 5.92 Å². The number of hydrogen-bond donors (Lipinski definition) is 1. The Bertz CT molecular complexity index is 206. The summed E-state index contributed by atoms with van der Waals surface area (Å²) >= 11 is 0. The standard InChI is InChI=1S/C12H23NO2/c1-2-10-4-3-6-12(7-5-10)14-9-11(8-13)15-12/h10-11H,2-9,13H2,1H3. The summed E-state index contributed by atoms with van der Waals surface area (Å²) in [5.41, 5.74) is 5.61. The largest absolute Gasteiger partial charge is 0.347 e. The minimum atomic E-state index is -0.270. The number of ether oxygens (including phenoxy) is 2. The van der Waals surface area contributed by atoms with Crippen LogP contribution in [0.4, 0.5) is 0 Å². The van der Waals surface area contributed by atoms with Gasteiger partial charge in [-0.05, 0) is 18.8 Å². The maximum atomic E-state index is 5.96. The van der Waals surface area contributed by atoms with Gasteiger partial charge in [0.2, 0.25) is 0 Å². The quantitative estimate of drug-likeness (QED) is 0.763. The molecule has 88 valence electrons. The molecule has 2 rings (SSSR count). The highest BCUT2D eigenvalue weighted by Crippen LogP contribution is 2.38. The monoisotopic (exact) mass is 213 g/mol. The Labute approximate surface area is 92.3 Å². The van der Waals surface area contributed by atoms with Crippen LogP contribution in [0.3, 0.4) is 0 Å². The van der Waals surface area contributed by atoms with Gasteiger partial charge in [0.25, 0.3) is 0 Å². The lowest BCUT2D eigenvalue weighted by atomic mass is 9.97. The van der Waals surface area contributed by atoms with E-state index in [1.54, 1.807) is 0 Å². The molecule has 1 saturated heterocycles. The molecule has 0 aromatic rings. The highest BCUT2D eigenvalue weighted by molar-refractivity contribution is 4.83. The van der Waals surface area contributed by atoms with Crippen LogP contribution in [0.5, 0.6) is 0 Å².